The van der Waals surface area contributed by atoms with E-state index >= 15 is 0 Å². The van der Waals surface area contributed by atoms with Crippen molar-refractivity contribution >= 4 is 46.8 Å². The van der Waals surface area contributed by atoms with Gasteiger partial charge in [-0.25, -0.2) is 14.2 Å². The van der Waals surface area contributed by atoms with E-state index in [0.29, 0.717) is 16.5 Å². The fourth-order valence-corrected chi connectivity index (χ4v) is 2.59. The third-order valence-electron chi connectivity index (χ3n) is 3.67. The molecule has 6 nitrogen and oxygen atoms in total. The number of hydrogen-bond donors (Lipinski definition) is 3. The van der Waals surface area contributed by atoms with E-state index in [4.69, 9.17) is 11.6 Å². The van der Waals surface area contributed by atoms with Crippen molar-refractivity contribution in [2.75, 3.05) is 0 Å². The average molecular weight is 398 g/mol. The maximum atomic E-state index is 12.9. The molecule has 0 unspecified atom stereocenters. The number of carbonyl (C=O) groups excluding carboxylic acids is 1. The number of rotatable bonds is 5. The SMILES string of the molecule is Cl.O=C(N[C@@H](Cc1ccc(F)cc1)C(=O)O)c1cc2cc(Cl)ncc2[nH]1. The van der Waals surface area contributed by atoms with Crippen molar-refractivity contribution in [2.24, 2.45) is 0 Å². The second-order valence-electron chi connectivity index (χ2n) is 5.47. The van der Waals surface area contributed by atoms with Crippen LogP contribution in [0, 0.1) is 5.82 Å². The number of carboxylic acid groups (broad SMARTS) is 1. The van der Waals surface area contributed by atoms with E-state index in [1.165, 1.54) is 30.5 Å². The van der Waals surface area contributed by atoms with Crippen molar-refractivity contribution in [3.8, 4) is 0 Å². The molecule has 9 heteroatoms. The van der Waals surface area contributed by atoms with Gasteiger partial charge < -0.3 is 15.4 Å². The number of nitrogens with one attached hydrogen (secondary N) is 2. The van der Waals surface area contributed by atoms with Gasteiger partial charge in [0.2, 0.25) is 0 Å². The van der Waals surface area contributed by atoms with Crippen molar-refractivity contribution in [3.63, 3.8) is 0 Å². The van der Waals surface area contributed by atoms with Crippen LogP contribution in [0.4, 0.5) is 4.39 Å². The standard InChI is InChI=1S/C17H13ClFN3O3.ClH/c18-15-7-10-6-12(21-14(10)8-20-15)16(23)22-13(17(24)25)5-9-1-3-11(19)4-2-9;/h1-4,6-8,13,21H,5H2,(H,22,23)(H,24,25);1H/t13-;/m0./s1. The van der Waals surface area contributed by atoms with E-state index in [9.17, 15) is 19.1 Å². The second kappa shape index (κ2) is 8.16. The molecule has 0 fully saturated rings. The van der Waals surface area contributed by atoms with Gasteiger partial charge in [0.15, 0.2) is 0 Å². The molecule has 0 aliphatic heterocycles. The van der Waals surface area contributed by atoms with Crippen LogP contribution in [-0.2, 0) is 11.2 Å². The summed E-state index contributed by atoms with van der Waals surface area (Å²) in [6.45, 7) is 0. The van der Waals surface area contributed by atoms with Gasteiger partial charge in [0.25, 0.3) is 5.91 Å². The first-order chi connectivity index (χ1) is 11.9. The number of H-pyrrole nitrogens is 1. The predicted octanol–water partition coefficient (Wildman–Crippen LogP) is 3.20. The summed E-state index contributed by atoms with van der Waals surface area (Å²) in [5.41, 5.74) is 1.41. The molecule has 1 amide bonds. The number of amides is 1. The van der Waals surface area contributed by atoms with Crippen molar-refractivity contribution < 1.29 is 19.1 Å². The highest BCUT2D eigenvalue weighted by Crippen LogP contribution is 2.18. The number of benzene rings is 1. The molecule has 26 heavy (non-hydrogen) atoms. The lowest BCUT2D eigenvalue weighted by molar-refractivity contribution is -0.139. The van der Waals surface area contributed by atoms with Crippen LogP contribution >= 0.6 is 24.0 Å². The van der Waals surface area contributed by atoms with Crippen LogP contribution in [0.15, 0.2) is 42.6 Å². The molecule has 136 valence electrons. The van der Waals surface area contributed by atoms with Crippen LogP contribution in [0.3, 0.4) is 0 Å². The molecule has 2 heterocycles. The van der Waals surface area contributed by atoms with Gasteiger partial charge in [0.1, 0.15) is 22.7 Å². The van der Waals surface area contributed by atoms with E-state index in [2.05, 4.69) is 15.3 Å². The maximum Gasteiger partial charge on any atom is 0.326 e. The summed E-state index contributed by atoms with van der Waals surface area (Å²) in [6.07, 6.45) is 1.52. The zero-order valence-electron chi connectivity index (χ0n) is 13.2. The zero-order valence-corrected chi connectivity index (χ0v) is 14.8. The highest BCUT2D eigenvalue weighted by molar-refractivity contribution is 6.30. The number of aromatic amines is 1. The predicted molar refractivity (Wildman–Crippen MR) is 97.3 cm³/mol. The number of halogens is 3. The molecule has 1 aromatic carbocycles. The molecule has 0 spiro atoms. The Labute approximate surface area is 158 Å². The number of carboxylic acids is 1. The molecule has 0 radical (unpaired) electrons. The highest BCUT2D eigenvalue weighted by atomic mass is 35.5. The summed E-state index contributed by atoms with van der Waals surface area (Å²) in [6, 6.07) is 7.45. The molecule has 3 aromatic rings. The fraction of sp³-hybridized carbons (Fsp3) is 0.118. The number of hydrogen-bond acceptors (Lipinski definition) is 3. The van der Waals surface area contributed by atoms with Crippen LogP contribution in [0.25, 0.3) is 10.9 Å². The summed E-state index contributed by atoms with van der Waals surface area (Å²) in [5.74, 6) is -2.16. The lowest BCUT2D eigenvalue weighted by Crippen LogP contribution is -2.42. The largest absolute Gasteiger partial charge is 0.480 e. The van der Waals surface area contributed by atoms with Crippen LogP contribution in [0.1, 0.15) is 16.1 Å². The summed E-state index contributed by atoms with van der Waals surface area (Å²) >= 11 is 5.80. The third-order valence-corrected chi connectivity index (χ3v) is 3.88. The van der Waals surface area contributed by atoms with Gasteiger partial charge >= 0.3 is 5.97 Å². The third kappa shape index (κ3) is 4.50. The van der Waals surface area contributed by atoms with Crippen LogP contribution < -0.4 is 5.32 Å². The van der Waals surface area contributed by atoms with Crippen LogP contribution in [-0.4, -0.2) is 33.0 Å². The molecule has 0 aliphatic rings. The molecule has 2 aromatic heterocycles. The Kier molecular flexibility index (Phi) is 6.18. The van der Waals surface area contributed by atoms with E-state index in [1.54, 1.807) is 12.1 Å². The molecule has 3 rings (SSSR count). The molecule has 3 N–H and O–H groups in total. The summed E-state index contributed by atoms with van der Waals surface area (Å²) in [7, 11) is 0. The molecule has 0 saturated carbocycles. The van der Waals surface area contributed by atoms with Gasteiger partial charge in [0.05, 0.1) is 11.7 Å². The van der Waals surface area contributed by atoms with Gasteiger partial charge in [-0.15, -0.1) is 12.4 Å². The quantitative estimate of drug-likeness (QED) is 0.576. The molecule has 0 aliphatic carbocycles. The molecule has 0 bridgehead atoms. The average Bonchev–Trinajstić information content (AvgIpc) is 2.99. The monoisotopic (exact) mass is 397 g/mol. The Morgan fingerprint density at radius 1 is 1.27 bits per heavy atom. The first-order valence-electron chi connectivity index (χ1n) is 7.35. The zero-order chi connectivity index (χ0) is 18.0. The number of pyridine rings is 1. The summed E-state index contributed by atoms with van der Waals surface area (Å²) < 4.78 is 12.9. The number of nitrogens with zero attached hydrogens (tertiary/aromatic N) is 1. The smallest absolute Gasteiger partial charge is 0.326 e. The lowest BCUT2D eigenvalue weighted by atomic mass is 10.1. The van der Waals surface area contributed by atoms with Crippen LogP contribution in [0.5, 0.6) is 0 Å². The van der Waals surface area contributed by atoms with Crippen molar-refractivity contribution in [3.05, 3.63) is 64.8 Å². The Morgan fingerprint density at radius 2 is 1.96 bits per heavy atom. The lowest BCUT2D eigenvalue weighted by Gasteiger charge is -2.14. The van der Waals surface area contributed by atoms with Gasteiger partial charge in [-0.05, 0) is 29.8 Å². The number of carbonyl (C=O) groups is 2. The number of fused-ring (bicyclic) bond motifs is 1. The Hall–Kier alpha value is -2.64. The first kappa shape index (κ1) is 19.7. The van der Waals surface area contributed by atoms with Gasteiger partial charge in [0, 0.05) is 11.8 Å². The normalized spacial score (nSPS) is 11.6. The molecule has 0 saturated heterocycles. The van der Waals surface area contributed by atoms with E-state index in [1.807, 2.05) is 0 Å². The molecule has 1 atom stereocenters. The minimum atomic E-state index is -1.18. The highest BCUT2D eigenvalue weighted by Gasteiger charge is 2.22. The Bertz CT molecular complexity index is 944. The van der Waals surface area contributed by atoms with Crippen molar-refractivity contribution in [2.45, 2.75) is 12.5 Å². The van der Waals surface area contributed by atoms with E-state index in [0.717, 1.165) is 0 Å². The Balaban J connectivity index is 0.00000243. The Morgan fingerprint density at radius 3 is 2.62 bits per heavy atom. The van der Waals surface area contributed by atoms with E-state index in [-0.39, 0.29) is 29.7 Å². The van der Waals surface area contributed by atoms with E-state index < -0.39 is 23.7 Å². The second-order valence-corrected chi connectivity index (χ2v) is 5.86. The van der Waals surface area contributed by atoms with Crippen molar-refractivity contribution in [1.82, 2.24) is 15.3 Å². The maximum absolute atomic E-state index is 12.9. The first-order valence-corrected chi connectivity index (χ1v) is 7.72. The minimum Gasteiger partial charge on any atom is -0.480 e. The fourth-order valence-electron chi connectivity index (χ4n) is 2.42. The van der Waals surface area contributed by atoms with Gasteiger partial charge in [-0.1, -0.05) is 23.7 Å². The topological polar surface area (TPSA) is 95.1 Å². The van der Waals surface area contributed by atoms with Crippen LogP contribution in [0.2, 0.25) is 5.15 Å². The summed E-state index contributed by atoms with van der Waals surface area (Å²) in [5, 5.41) is 12.8. The van der Waals surface area contributed by atoms with Gasteiger partial charge in [-0.2, -0.15) is 0 Å². The number of aliphatic carboxylic acids is 1. The summed E-state index contributed by atoms with van der Waals surface area (Å²) in [4.78, 5) is 30.5. The molecular formula is C17H14Cl2FN3O3. The minimum absolute atomic E-state index is 0. The number of aromatic nitrogens is 2. The van der Waals surface area contributed by atoms with Gasteiger partial charge in [-0.3, -0.25) is 4.79 Å². The molecular weight excluding hydrogens is 384 g/mol. The van der Waals surface area contributed by atoms with Crippen molar-refractivity contribution in [1.29, 1.82) is 0 Å².